The number of benzene rings is 1. The van der Waals surface area contributed by atoms with Gasteiger partial charge in [0.1, 0.15) is 11.0 Å². The molecule has 100 valence electrons. The molecule has 0 spiro atoms. The van der Waals surface area contributed by atoms with Gasteiger partial charge in [-0.15, -0.1) is 0 Å². The Bertz CT molecular complexity index is 714. The molecule has 20 heavy (non-hydrogen) atoms. The van der Waals surface area contributed by atoms with Gasteiger partial charge in [-0.1, -0.05) is 12.1 Å². The number of hydrogen-bond donors (Lipinski definition) is 0. The third kappa shape index (κ3) is 2.35. The summed E-state index contributed by atoms with van der Waals surface area (Å²) in [6.07, 6.45) is 0. The first-order valence-electron chi connectivity index (χ1n) is 5.56. The highest BCUT2D eigenvalue weighted by molar-refractivity contribution is 6.04. The fraction of sp³-hybridized carbons (Fsp3) is 0.0769. The highest BCUT2D eigenvalue weighted by Gasteiger charge is 2.22. The summed E-state index contributed by atoms with van der Waals surface area (Å²) in [5.41, 5.74) is 0.725. The third-order valence-corrected chi connectivity index (χ3v) is 2.67. The minimum Gasteiger partial charge on any atom is -0.395 e. The SMILES string of the molecule is CN(C(=O)c1ccc([N+](=O)[O-])o1)c1ccccc1C#N. The molecule has 0 atom stereocenters. The number of rotatable bonds is 3. The first kappa shape index (κ1) is 13.3. The normalized spacial score (nSPS) is 9.80. The Morgan fingerprint density at radius 1 is 1.35 bits per heavy atom. The maximum absolute atomic E-state index is 12.1. The van der Waals surface area contributed by atoms with Crippen molar-refractivity contribution >= 4 is 17.5 Å². The largest absolute Gasteiger partial charge is 0.433 e. The fourth-order valence-corrected chi connectivity index (χ4v) is 1.68. The Kier molecular flexibility index (Phi) is 3.48. The van der Waals surface area contributed by atoms with Gasteiger partial charge in [0.15, 0.2) is 5.76 Å². The lowest BCUT2D eigenvalue weighted by atomic mass is 10.2. The van der Waals surface area contributed by atoms with E-state index in [1.54, 1.807) is 24.3 Å². The molecule has 0 aliphatic rings. The molecule has 2 rings (SSSR count). The van der Waals surface area contributed by atoms with E-state index in [1.165, 1.54) is 18.0 Å². The quantitative estimate of drug-likeness (QED) is 0.630. The number of nitrogens with zero attached hydrogens (tertiary/aromatic N) is 3. The first-order valence-corrected chi connectivity index (χ1v) is 5.56. The molecule has 1 aromatic heterocycles. The van der Waals surface area contributed by atoms with E-state index >= 15 is 0 Å². The number of nitriles is 1. The van der Waals surface area contributed by atoms with Crippen LogP contribution in [-0.2, 0) is 0 Å². The van der Waals surface area contributed by atoms with E-state index in [0.717, 1.165) is 6.07 Å². The second kappa shape index (κ2) is 5.24. The third-order valence-electron chi connectivity index (χ3n) is 2.67. The van der Waals surface area contributed by atoms with Crippen molar-refractivity contribution in [3.63, 3.8) is 0 Å². The molecule has 1 amide bonds. The minimum absolute atomic E-state index is 0.160. The van der Waals surface area contributed by atoms with Crippen LogP contribution in [0.5, 0.6) is 0 Å². The van der Waals surface area contributed by atoms with Crippen LogP contribution in [0.15, 0.2) is 40.8 Å². The maximum Gasteiger partial charge on any atom is 0.433 e. The zero-order chi connectivity index (χ0) is 14.7. The predicted molar refractivity (Wildman–Crippen MR) is 69.3 cm³/mol. The number of para-hydroxylation sites is 1. The van der Waals surface area contributed by atoms with Crippen LogP contribution in [0.4, 0.5) is 11.6 Å². The van der Waals surface area contributed by atoms with E-state index in [4.69, 9.17) is 9.68 Å². The first-order chi connectivity index (χ1) is 9.54. The van der Waals surface area contributed by atoms with E-state index < -0.39 is 16.7 Å². The van der Waals surface area contributed by atoms with Crippen molar-refractivity contribution < 1.29 is 14.1 Å². The van der Waals surface area contributed by atoms with E-state index in [-0.39, 0.29) is 5.76 Å². The molecule has 0 unspecified atom stereocenters. The van der Waals surface area contributed by atoms with Gasteiger partial charge in [0.2, 0.25) is 0 Å². The van der Waals surface area contributed by atoms with Crippen LogP contribution in [-0.4, -0.2) is 17.9 Å². The summed E-state index contributed by atoms with van der Waals surface area (Å²) >= 11 is 0. The van der Waals surface area contributed by atoms with Gasteiger partial charge in [-0.05, 0) is 18.2 Å². The van der Waals surface area contributed by atoms with E-state index in [2.05, 4.69) is 0 Å². The predicted octanol–water partition coefficient (Wildman–Crippen LogP) is 2.34. The lowest BCUT2D eigenvalue weighted by molar-refractivity contribution is -0.402. The molecule has 0 saturated heterocycles. The lowest BCUT2D eigenvalue weighted by Crippen LogP contribution is -2.26. The number of hydrogen-bond acceptors (Lipinski definition) is 5. The standard InChI is InChI=1S/C13H9N3O4/c1-15(10-5-3-2-4-9(10)8-14)13(17)11-6-7-12(20-11)16(18)19/h2-7H,1H3. The number of amides is 1. The van der Waals surface area contributed by atoms with Crippen molar-refractivity contribution in [2.24, 2.45) is 0 Å². The van der Waals surface area contributed by atoms with Gasteiger partial charge >= 0.3 is 5.88 Å². The highest BCUT2D eigenvalue weighted by atomic mass is 16.6. The van der Waals surface area contributed by atoms with Crippen LogP contribution < -0.4 is 4.90 Å². The molecule has 0 N–H and O–H groups in total. The van der Waals surface area contributed by atoms with E-state index in [9.17, 15) is 14.9 Å². The van der Waals surface area contributed by atoms with Gasteiger partial charge < -0.3 is 9.32 Å². The van der Waals surface area contributed by atoms with E-state index in [0.29, 0.717) is 11.3 Å². The summed E-state index contributed by atoms with van der Waals surface area (Å²) in [4.78, 5) is 23.2. The highest BCUT2D eigenvalue weighted by Crippen LogP contribution is 2.22. The van der Waals surface area contributed by atoms with Gasteiger partial charge in [0, 0.05) is 7.05 Å². The van der Waals surface area contributed by atoms with Crippen LogP contribution in [0.3, 0.4) is 0 Å². The fourth-order valence-electron chi connectivity index (χ4n) is 1.68. The molecule has 0 bridgehead atoms. The summed E-state index contributed by atoms with van der Waals surface area (Å²) in [6.45, 7) is 0. The number of furan rings is 1. The van der Waals surface area contributed by atoms with Crippen molar-refractivity contribution in [1.29, 1.82) is 5.26 Å². The maximum atomic E-state index is 12.1. The van der Waals surface area contributed by atoms with Gasteiger partial charge in [-0.25, -0.2) is 0 Å². The Morgan fingerprint density at radius 3 is 2.65 bits per heavy atom. The molecular formula is C13H9N3O4. The number of carbonyl (C=O) groups is 1. The molecule has 0 aliphatic carbocycles. The summed E-state index contributed by atoms with van der Waals surface area (Å²) in [5, 5.41) is 19.5. The Labute approximate surface area is 113 Å². The molecule has 1 aromatic carbocycles. The van der Waals surface area contributed by atoms with Crippen LogP contribution in [0.1, 0.15) is 16.1 Å². The van der Waals surface area contributed by atoms with Crippen molar-refractivity contribution in [2.75, 3.05) is 11.9 Å². The Balaban J connectivity index is 2.33. The van der Waals surface area contributed by atoms with Gasteiger partial charge in [0.25, 0.3) is 5.91 Å². The Morgan fingerprint density at radius 2 is 2.05 bits per heavy atom. The van der Waals surface area contributed by atoms with Gasteiger partial charge in [-0.2, -0.15) is 5.26 Å². The smallest absolute Gasteiger partial charge is 0.395 e. The molecule has 0 aliphatic heterocycles. The molecule has 2 aromatic rings. The molecule has 7 nitrogen and oxygen atoms in total. The second-order valence-corrected chi connectivity index (χ2v) is 3.89. The Hall–Kier alpha value is -3.14. The molecular weight excluding hydrogens is 262 g/mol. The van der Waals surface area contributed by atoms with Gasteiger partial charge in [0.05, 0.1) is 17.3 Å². The minimum atomic E-state index is -0.722. The van der Waals surface area contributed by atoms with Crippen LogP contribution in [0.25, 0.3) is 0 Å². The van der Waals surface area contributed by atoms with Crippen LogP contribution in [0.2, 0.25) is 0 Å². The van der Waals surface area contributed by atoms with Crippen LogP contribution in [0, 0.1) is 21.4 Å². The summed E-state index contributed by atoms with van der Waals surface area (Å²) in [5.74, 6) is -1.23. The van der Waals surface area contributed by atoms with Crippen molar-refractivity contribution in [3.8, 4) is 6.07 Å². The number of anilines is 1. The number of nitro groups is 1. The lowest BCUT2D eigenvalue weighted by Gasteiger charge is -2.16. The van der Waals surface area contributed by atoms with Gasteiger partial charge in [-0.3, -0.25) is 14.9 Å². The molecule has 0 fully saturated rings. The summed E-state index contributed by atoms with van der Waals surface area (Å²) in [6, 6.07) is 10.9. The monoisotopic (exact) mass is 271 g/mol. The molecule has 0 saturated carbocycles. The topological polar surface area (TPSA) is 100 Å². The van der Waals surface area contributed by atoms with Crippen molar-refractivity contribution in [1.82, 2.24) is 0 Å². The van der Waals surface area contributed by atoms with E-state index in [1.807, 2.05) is 6.07 Å². The molecule has 0 radical (unpaired) electrons. The average molecular weight is 271 g/mol. The molecule has 1 heterocycles. The summed E-state index contributed by atoms with van der Waals surface area (Å²) in [7, 11) is 1.47. The second-order valence-electron chi connectivity index (χ2n) is 3.89. The zero-order valence-corrected chi connectivity index (χ0v) is 10.4. The average Bonchev–Trinajstić information content (AvgIpc) is 2.95. The van der Waals surface area contributed by atoms with Crippen molar-refractivity contribution in [3.05, 3.63) is 57.8 Å². The molecule has 7 heteroatoms. The van der Waals surface area contributed by atoms with Crippen LogP contribution >= 0.6 is 0 Å². The number of carbonyl (C=O) groups excluding carboxylic acids is 1. The zero-order valence-electron chi connectivity index (χ0n) is 10.4. The van der Waals surface area contributed by atoms with Crippen molar-refractivity contribution in [2.45, 2.75) is 0 Å². The summed E-state index contributed by atoms with van der Waals surface area (Å²) < 4.78 is 4.85.